The summed E-state index contributed by atoms with van der Waals surface area (Å²) in [4.78, 5) is 32.0. The van der Waals surface area contributed by atoms with E-state index in [9.17, 15) is 18.4 Å². The van der Waals surface area contributed by atoms with Crippen molar-refractivity contribution in [2.24, 2.45) is 0 Å². The number of carbonyl (C=O) groups excluding carboxylic acids is 2. The predicted molar refractivity (Wildman–Crippen MR) is 158 cm³/mol. The highest BCUT2D eigenvalue weighted by atomic mass is 19.2. The highest BCUT2D eigenvalue weighted by Crippen LogP contribution is 2.28. The fourth-order valence-corrected chi connectivity index (χ4v) is 5.33. The van der Waals surface area contributed by atoms with Gasteiger partial charge in [-0.05, 0) is 54.8 Å². The van der Waals surface area contributed by atoms with Crippen LogP contribution in [0.15, 0.2) is 66.7 Å². The van der Waals surface area contributed by atoms with Gasteiger partial charge in [0.15, 0.2) is 17.3 Å². The van der Waals surface area contributed by atoms with E-state index in [2.05, 4.69) is 15.2 Å². The maximum Gasteiger partial charge on any atom is 0.276 e. The summed E-state index contributed by atoms with van der Waals surface area (Å²) >= 11 is 0. The fourth-order valence-electron chi connectivity index (χ4n) is 5.33. The lowest BCUT2D eigenvalue weighted by molar-refractivity contribution is -0.116. The van der Waals surface area contributed by atoms with E-state index in [-0.39, 0.29) is 23.8 Å². The van der Waals surface area contributed by atoms with Gasteiger partial charge in [0, 0.05) is 52.3 Å². The van der Waals surface area contributed by atoms with Gasteiger partial charge in [-0.25, -0.2) is 13.5 Å². The lowest BCUT2D eigenvalue weighted by atomic mass is 10.1. The van der Waals surface area contributed by atoms with E-state index in [0.29, 0.717) is 61.8 Å². The fraction of sp³-hybridized carbons (Fsp3) is 0.312. The molecule has 0 fully saturated rings. The quantitative estimate of drug-likeness (QED) is 0.334. The minimum absolute atomic E-state index is 0.0524. The molecule has 2 heterocycles. The normalized spacial score (nSPS) is 14.6. The number of halogens is 2. The molecule has 224 valence electrons. The second kappa shape index (κ2) is 13.1. The second-order valence-corrected chi connectivity index (χ2v) is 10.5. The van der Waals surface area contributed by atoms with Crippen LogP contribution >= 0.6 is 0 Å². The first-order valence-electron chi connectivity index (χ1n) is 14.1. The van der Waals surface area contributed by atoms with Crippen molar-refractivity contribution in [2.45, 2.75) is 33.4 Å². The largest absolute Gasteiger partial charge is 0.497 e. The van der Waals surface area contributed by atoms with Crippen molar-refractivity contribution in [3.63, 3.8) is 0 Å². The molecule has 0 aliphatic carbocycles. The molecule has 0 N–H and O–H groups in total. The Hall–Kier alpha value is -4.64. The molecule has 0 atom stereocenters. The lowest BCUT2D eigenvalue weighted by Crippen LogP contribution is -2.39. The Kier molecular flexibility index (Phi) is 9.10. The second-order valence-electron chi connectivity index (χ2n) is 10.5. The van der Waals surface area contributed by atoms with Gasteiger partial charge in [-0.15, -0.1) is 5.10 Å². The number of rotatable bonds is 5. The summed E-state index contributed by atoms with van der Waals surface area (Å²) in [6.07, 6.45) is 0.605. The van der Waals surface area contributed by atoms with Crippen molar-refractivity contribution in [1.82, 2.24) is 24.8 Å². The number of fused-ring (bicyclic) bond motifs is 1. The molecule has 5 rings (SSSR count). The highest BCUT2D eigenvalue weighted by Gasteiger charge is 2.28. The number of methoxy groups -OCH3 is 1. The molecule has 1 aromatic heterocycles. The van der Waals surface area contributed by atoms with E-state index in [1.807, 2.05) is 42.5 Å². The molecule has 0 saturated carbocycles. The van der Waals surface area contributed by atoms with E-state index in [4.69, 9.17) is 4.74 Å². The Labute approximate surface area is 249 Å². The van der Waals surface area contributed by atoms with Crippen molar-refractivity contribution in [2.75, 3.05) is 38.2 Å². The van der Waals surface area contributed by atoms with E-state index in [1.54, 1.807) is 35.7 Å². The van der Waals surface area contributed by atoms with Crippen LogP contribution in [-0.4, -0.2) is 69.9 Å². The molecule has 4 aromatic rings. The number of hydrogen-bond donors (Lipinski definition) is 0. The Bertz CT molecular complexity index is 1590. The number of nitrogens with zero attached hydrogens (tertiary/aromatic N) is 6. The van der Waals surface area contributed by atoms with Crippen molar-refractivity contribution in [3.05, 3.63) is 101 Å². The van der Waals surface area contributed by atoms with E-state index in [1.165, 1.54) is 11.8 Å². The summed E-state index contributed by atoms with van der Waals surface area (Å²) in [6, 6.07) is 19.3. The van der Waals surface area contributed by atoms with Crippen LogP contribution in [0.25, 0.3) is 5.69 Å². The minimum atomic E-state index is -1.05. The van der Waals surface area contributed by atoms with Crippen LogP contribution in [-0.2, 0) is 17.9 Å². The van der Waals surface area contributed by atoms with Crippen LogP contribution < -0.4 is 9.64 Å². The van der Waals surface area contributed by atoms with Gasteiger partial charge in [-0.1, -0.05) is 35.5 Å². The van der Waals surface area contributed by atoms with Gasteiger partial charge in [-0.3, -0.25) is 14.5 Å². The average Bonchev–Trinajstić information content (AvgIpc) is 3.38. The number of ether oxygens (including phenoxy) is 1. The molecule has 1 aliphatic rings. The summed E-state index contributed by atoms with van der Waals surface area (Å²) < 4.78 is 35.9. The molecule has 0 radical (unpaired) electrons. The topological polar surface area (TPSA) is 83.8 Å². The Balaban J connectivity index is 1.51. The number of hydrogen-bond acceptors (Lipinski definition) is 6. The number of amides is 2. The van der Waals surface area contributed by atoms with Gasteiger partial charge in [0.2, 0.25) is 5.91 Å². The third kappa shape index (κ3) is 6.72. The first-order chi connectivity index (χ1) is 20.7. The maximum absolute atomic E-state index is 14.6. The van der Waals surface area contributed by atoms with Crippen LogP contribution in [0.1, 0.15) is 40.7 Å². The minimum Gasteiger partial charge on any atom is -0.497 e. The summed E-state index contributed by atoms with van der Waals surface area (Å²) in [7, 11) is 1.58. The number of carbonyl (C=O) groups is 2. The number of anilines is 1. The monoisotopic (exact) mass is 588 g/mol. The third-order valence-corrected chi connectivity index (χ3v) is 7.65. The molecule has 3 aromatic carbocycles. The van der Waals surface area contributed by atoms with Gasteiger partial charge in [0.25, 0.3) is 5.91 Å². The standard InChI is InChI=1S/C32H34F2N6O3/c1-22-31(35-36-40(22)26-10-12-27(43-3)13-11-26)32(42)38-17-16-37(20-24-8-5-4-6-9-24)14-7-15-39(23(2)41)30-19-29(34)28(33)18-25(30)21-38/h4-6,8-13,18-19H,7,14-17,20-21H2,1-3H3. The van der Waals surface area contributed by atoms with Crippen LogP contribution in [0.4, 0.5) is 14.5 Å². The third-order valence-electron chi connectivity index (χ3n) is 7.65. The van der Waals surface area contributed by atoms with Crippen LogP contribution in [0, 0.1) is 18.6 Å². The van der Waals surface area contributed by atoms with Crippen molar-refractivity contribution in [3.8, 4) is 11.4 Å². The molecular weight excluding hydrogens is 554 g/mol. The van der Waals surface area contributed by atoms with Crippen LogP contribution in [0.3, 0.4) is 0 Å². The van der Waals surface area contributed by atoms with E-state index < -0.39 is 17.5 Å². The summed E-state index contributed by atoms with van der Waals surface area (Å²) in [6.45, 7) is 5.51. The molecule has 43 heavy (non-hydrogen) atoms. The Morgan fingerprint density at radius 2 is 1.65 bits per heavy atom. The summed E-state index contributed by atoms with van der Waals surface area (Å²) in [5, 5.41) is 8.45. The zero-order chi connectivity index (χ0) is 30.5. The summed E-state index contributed by atoms with van der Waals surface area (Å²) in [5.41, 5.74) is 3.08. The zero-order valence-electron chi connectivity index (χ0n) is 24.5. The molecule has 0 bridgehead atoms. The maximum atomic E-state index is 14.6. The molecule has 0 saturated heterocycles. The van der Waals surface area contributed by atoms with E-state index in [0.717, 1.165) is 17.7 Å². The van der Waals surface area contributed by atoms with Gasteiger partial charge in [0.1, 0.15) is 5.75 Å². The van der Waals surface area contributed by atoms with Gasteiger partial charge >= 0.3 is 0 Å². The molecule has 9 nitrogen and oxygen atoms in total. The first-order valence-corrected chi connectivity index (χ1v) is 14.1. The van der Waals surface area contributed by atoms with Crippen molar-refractivity contribution >= 4 is 17.5 Å². The van der Waals surface area contributed by atoms with Gasteiger partial charge in [-0.2, -0.15) is 0 Å². The predicted octanol–water partition coefficient (Wildman–Crippen LogP) is 4.76. The zero-order valence-corrected chi connectivity index (χ0v) is 24.5. The molecule has 11 heteroatoms. The molecule has 0 unspecified atom stereocenters. The van der Waals surface area contributed by atoms with Gasteiger partial charge in [0.05, 0.1) is 24.2 Å². The highest BCUT2D eigenvalue weighted by molar-refractivity contribution is 5.94. The average molecular weight is 589 g/mol. The molecule has 2 amide bonds. The smallest absolute Gasteiger partial charge is 0.276 e. The lowest BCUT2D eigenvalue weighted by Gasteiger charge is -2.28. The van der Waals surface area contributed by atoms with Crippen molar-refractivity contribution in [1.29, 1.82) is 0 Å². The Morgan fingerprint density at radius 1 is 0.930 bits per heavy atom. The Morgan fingerprint density at radius 3 is 2.35 bits per heavy atom. The molecule has 1 aliphatic heterocycles. The molecular formula is C32H34F2N6O3. The number of aromatic nitrogens is 3. The van der Waals surface area contributed by atoms with Crippen LogP contribution in [0.2, 0.25) is 0 Å². The molecule has 0 spiro atoms. The van der Waals surface area contributed by atoms with Crippen LogP contribution in [0.5, 0.6) is 5.75 Å². The number of benzene rings is 3. The van der Waals surface area contributed by atoms with Gasteiger partial charge < -0.3 is 14.5 Å². The van der Waals surface area contributed by atoms with E-state index >= 15 is 0 Å². The SMILES string of the molecule is COc1ccc(-n2nnc(C(=O)N3CCN(Cc4ccccc4)CCCN(C(C)=O)c4cc(F)c(F)cc4C3)c2C)cc1. The van der Waals surface area contributed by atoms with Crippen molar-refractivity contribution < 1.29 is 23.1 Å². The summed E-state index contributed by atoms with van der Waals surface area (Å²) in [5.74, 6) is -2.11. The first kappa shape index (κ1) is 29.8.